The van der Waals surface area contributed by atoms with Crippen LogP contribution >= 0.6 is 0 Å². The third kappa shape index (κ3) is 3.35. The van der Waals surface area contributed by atoms with Crippen LogP contribution in [-0.4, -0.2) is 4.92 Å². The van der Waals surface area contributed by atoms with Gasteiger partial charge >= 0.3 is 0 Å². The minimum atomic E-state index is -0.413. The molecule has 0 radical (unpaired) electrons. The third-order valence-electron chi connectivity index (χ3n) is 4.53. The van der Waals surface area contributed by atoms with Crippen LogP contribution in [0.2, 0.25) is 0 Å². The monoisotopic (exact) mass is 357 g/mol. The van der Waals surface area contributed by atoms with E-state index < -0.39 is 4.92 Å². The fourth-order valence-corrected chi connectivity index (χ4v) is 3.04. The van der Waals surface area contributed by atoms with Crippen molar-refractivity contribution in [2.45, 2.75) is 0 Å². The Labute approximate surface area is 156 Å². The van der Waals surface area contributed by atoms with E-state index in [0.717, 1.165) is 22.5 Å². The average Bonchev–Trinajstić information content (AvgIpc) is 3.17. The van der Waals surface area contributed by atoms with Crippen LogP contribution in [0.3, 0.4) is 0 Å². The molecule has 2 heterocycles. The summed E-state index contributed by atoms with van der Waals surface area (Å²) in [5, 5.41) is 11.9. The van der Waals surface area contributed by atoms with Crippen LogP contribution in [0, 0.1) is 10.1 Å². The number of hydrogen-bond donors (Lipinski definition) is 0. The van der Waals surface area contributed by atoms with Gasteiger partial charge in [0, 0.05) is 41.3 Å². The lowest BCUT2D eigenvalue weighted by Crippen LogP contribution is -2.32. The summed E-state index contributed by atoms with van der Waals surface area (Å²) in [6, 6.07) is 22.5. The number of fused-ring (bicyclic) bond motifs is 1. The molecule has 0 fully saturated rings. The van der Waals surface area contributed by atoms with E-state index in [9.17, 15) is 10.1 Å². The number of nitro benzene ring substituents is 1. The Kier molecular flexibility index (Phi) is 4.26. The number of furan rings is 1. The van der Waals surface area contributed by atoms with Crippen LogP contribution in [0.15, 0.2) is 77.2 Å². The number of rotatable bonds is 4. The van der Waals surface area contributed by atoms with Gasteiger partial charge in [0.2, 0.25) is 11.2 Å². The highest BCUT2D eigenvalue weighted by Crippen LogP contribution is 2.25. The van der Waals surface area contributed by atoms with Crippen molar-refractivity contribution < 1.29 is 13.9 Å². The summed E-state index contributed by atoms with van der Waals surface area (Å²) in [6.07, 6.45) is 3.92. The van der Waals surface area contributed by atoms with Gasteiger partial charge in [0.1, 0.15) is 18.6 Å². The smallest absolute Gasteiger partial charge is 0.269 e. The molecule has 0 bridgehead atoms. The molecule has 27 heavy (non-hydrogen) atoms. The second-order valence-corrected chi connectivity index (χ2v) is 6.22. The molecule has 4 aromatic rings. The Balaban J connectivity index is 1.59. The number of nitrogens with zero attached hydrogens (tertiary/aromatic N) is 2. The quantitative estimate of drug-likeness (QED) is 0.293. The topological polar surface area (TPSA) is 60.2 Å². The number of non-ortho nitro benzene ring substituents is 1. The van der Waals surface area contributed by atoms with E-state index >= 15 is 0 Å². The maximum Gasteiger partial charge on any atom is 0.269 e. The van der Waals surface area contributed by atoms with Crippen LogP contribution in [0.5, 0.6) is 0 Å². The first-order valence-electron chi connectivity index (χ1n) is 8.52. The van der Waals surface area contributed by atoms with Gasteiger partial charge in [-0.05, 0) is 42.5 Å². The minimum absolute atomic E-state index is 0.0641. The lowest BCUT2D eigenvalue weighted by atomic mass is 10.1. The van der Waals surface area contributed by atoms with Gasteiger partial charge in [-0.2, -0.15) is 4.57 Å². The predicted octanol–water partition coefficient (Wildman–Crippen LogP) is 5.00. The molecular formula is C22H17N2O3+. The second-order valence-electron chi connectivity index (χ2n) is 6.22. The normalized spacial score (nSPS) is 11.3. The maximum atomic E-state index is 10.8. The molecular weight excluding hydrogens is 340 g/mol. The zero-order valence-electron chi connectivity index (χ0n) is 14.7. The van der Waals surface area contributed by atoms with Crippen LogP contribution in [0.25, 0.3) is 34.4 Å². The van der Waals surface area contributed by atoms with E-state index in [1.165, 1.54) is 17.5 Å². The summed E-state index contributed by atoms with van der Waals surface area (Å²) in [4.78, 5) is 10.3. The zero-order valence-corrected chi connectivity index (χ0v) is 14.7. The highest BCUT2D eigenvalue weighted by molar-refractivity contribution is 5.77. The van der Waals surface area contributed by atoms with E-state index in [-0.39, 0.29) is 5.69 Å². The van der Waals surface area contributed by atoms with Gasteiger partial charge in [-0.1, -0.05) is 12.1 Å². The number of hydrogen-bond acceptors (Lipinski definition) is 3. The summed E-state index contributed by atoms with van der Waals surface area (Å²) >= 11 is 0. The van der Waals surface area contributed by atoms with Crippen molar-refractivity contribution in [3.05, 3.63) is 94.4 Å². The Bertz CT molecular complexity index is 1160. The molecule has 0 aliphatic carbocycles. The van der Waals surface area contributed by atoms with Gasteiger partial charge in [0.15, 0.2) is 0 Å². The lowest BCUT2D eigenvalue weighted by Gasteiger charge is -1.99. The summed E-state index contributed by atoms with van der Waals surface area (Å²) in [6.45, 7) is 0. The number of aryl methyl sites for hydroxylation is 1. The summed E-state index contributed by atoms with van der Waals surface area (Å²) in [5.41, 5.74) is 3.08. The Morgan fingerprint density at radius 1 is 0.926 bits per heavy atom. The molecule has 2 aromatic heterocycles. The largest absolute Gasteiger partial charge is 0.457 e. The standard InChI is InChI=1S/C22H17N2O3/c1-23-18(9-6-16-4-2-3-5-21(16)23)12-13-20-14-15-22(27-20)17-7-10-19(11-8-17)24(25)26/h2-15H,1H3/q+1. The van der Waals surface area contributed by atoms with Crippen LogP contribution < -0.4 is 4.57 Å². The first-order valence-corrected chi connectivity index (χ1v) is 8.52. The molecule has 0 saturated carbocycles. The van der Waals surface area contributed by atoms with Crippen molar-refractivity contribution in [1.82, 2.24) is 0 Å². The zero-order chi connectivity index (χ0) is 18.8. The lowest BCUT2D eigenvalue weighted by molar-refractivity contribution is -0.646. The van der Waals surface area contributed by atoms with Crippen molar-refractivity contribution in [2.24, 2.45) is 7.05 Å². The van der Waals surface area contributed by atoms with E-state index in [1.807, 2.05) is 43.5 Å². The van der Waals surface area contributed by atoms with Crippen LogP contribution in [0.4, 0.5) is 5.69 Å². The van der Waals surface area contributed by atoms with Crippen molar-refractivity contribution >= 4 is 28.7 Å². The number of nitro groups is 1. The molecule has 5 nitrogen and oxygen atoms in total. The molecule has 4 rings (SSSR count). The van der Waals surface area contributed by atoms with Gasteiger partial charge in [-0.15, -0.1) is 0 Å². The molecule has 0 spiro atoms. The predicted molar refractivity (Wildman–Crippen MR) is 105 cm³/mol. The Morgan fingerprint density at radius 3 is 2.48 bits per heavy atom. The van der Waals surface area contributed by atoms with Gasteiger partial charge in [-0.3, -0.25) is 10.1 Å². The molecule has 0 N–H and O–H groups in total. The van der Waals surface area contributed by atoms with Gasteiger partial charge in [-0.25, -0.2) is 0 Å². The van der Waals surface area contributed by atoms with Crippen LogP contribution in [0.1, 0.15) is 11.5 Å². The van der Waals surface area contributed by atoms with Crippen molar-refractivity contribution in [2.75, 3.05) is 0 Å². The summed E-state index contributed by atoms with van der Waals surface area (Å²) in [5.74, 6) is 1.39. The van der Waals surface area contributed by atoms with E-state index in [4.69, 9.17) is 4.42 Å². The number of para-hydroxylation sites is 1. The Morgan fingerprint density at radius 2 is 1.70 bits per heavy atom. The SMILES string of the molecule is C[n+]1c(C=Cc2ccc(-c3ccc([N+](=O)[O-])cc3)o2)ccc2ccccc21. The fraction of sp³-hybridized carbons (Fsp3) is 0.0455. The van der Waals surface area contributed by atoms with E-state index in [1.54, 1.807) is 12.1 Å². The maximum absolute atomic E-state index is 10.8. The Hall–Kier alpha value is -3.73. The molecule has 132 valence electrons. The first-order chi connectivity index (χ1) is 13.1. The molecule has 0 atom stereocenters. The molecule has 0 aliphatic heterocycles. The highest BCUT2D eigenvalue weighted by Gasteiger charge is 2.10. The molecule has 0 amide bonds. The minimum Gasteiger partial charge on any atom is -0.457 e. The fourth-order valence-electron chi connectivity index (χ4n) is 3.04. The van der Waals surface area contributed by atoms with Crippen LogP contribution in [-0.2, 0) is 7.05 Å². The van der Waals surface area contributed by atoms with Crippen molar-refractivity contribution in [1.29, 1.82) is 0 Å². The highest BCUT2D eigenvalue weighted by atomic mass is 16.6. The summed E-state index contributed by atoms with van der Waals surface area (Å²) in [7, 11) is 2.03. The number of benzene rings is 2. The molecule has 0 saturated heterocycles. The molecule has 5 heteroatoms. The number of aromatic nitrogens is 1. The van der Waals surface area contributed by atoms with E-state index in [2.05, 4.69) is 28.8 Å². The number of pyridine rings is 1. The molecule has 0 unspecified atom stereocenters. The summed E-state index contributed by atoms with van der Waals surface area (Å²) < 4.78 is 7.98. The third-order valence-corrected chi connectivity index (χ3v) is 4.53. The first kappa shape index (κ1) is 16.7. The van der Waals surface area contributed by atoms with Gasteiger partial charge < -0.3 is 4.42 Å². The molecule has 0 aliphatic rings. The van der Waals surface area contributed by atoms with Gasteiger partial charge in [0.25, 0.3) is 5.69 Å². The average molecular weight is 357 g/mol. The van der Waals surface area contributed by atoms with E-state index in [0.29, 0.717) is 5.76 Å². The van der Waals surface area contributed by atoms with Crippen molar-refractivity contribution in [3.63, 3.8) is 0 Å². The van der Waals surface area contributed by atoms with Gasteiger partial charge in [0.05, 0.1) is 4.92 Å². The second kappa shape index (κ2) is 6.88. The van der Waals surface area contributed by atoms with Crippen molar-refractivity contribution in [3.8, 4) is 11.3 Å². The molecule has 2 aromatic carbocycles.